The van der Waals surface area contributed by atoms with E-state index in [0.29, 0.717) is 0 Å². The van der Waals surface area contributed by atoms with Crippen LogP contribution in [0.1, 0.15) is 59.3 Å². The number of H-pyrrole nitrogens is 1. The zero-order valence-corrected chi connectivity index (χ0v) is 13.8. The molecule has 0 saturated carbocycles. The second-order valence-corrected chi connectivity index (χ2v) is 6.27. The minimum Gasteiger partial charge on any atom is -0.507 e. The van der Waals surface area contributed by atoms with Crippen LogP contribution in [-0.4, -0.2) is 16.0 Å². The van der Waals surface area contributed by atoms with Crippen molar-refractivity contribution in [2.75, 3.05) is 0 Å². The molecular formula is C19H22N2O3. The number of benzene rings is 1. The molecule has 0 aliphatic heterocycles. The Hall–Kier alpha value is -2.56. The van der Waals surface area contributed by atoms with E-state index in [2.05, 4.69) is 28.5 Å². The van der Waals surface area contributed by atoms with Gasteiger partial charge in [0.05, 0.1) is 11.6 Å². The largest absolute Gasteiger partial charge is 0.507 e. The zero-order valence-electron chi connectivity index (χ0n) is 13.8. The molecule has 1 aliphatic rings. The fourth-order valence-corrected chi connectivity index (χ4v) is 3.27. The topological polar surface area (TPSA) is 82.2 Å². The van der Waals surface area contributed by atoms with Crippen LogP contribution in [0.4, 0.5) is 0 Å². The predicted octanol–water partition coefficient (Wildman–Crippen LogP) is 2.84. The Labute approximate surface area is 140 Å². The molecule has 0 saturated heterocycles. The Kier molecular flexibility index (Phi) is 4.69. The summed E-state index contributed by atoms with van der Waals surface area (Å²) in [6, 6.07) is 7.31. The van der Waals surface area contributed by atoms with Crippen LogP contribution in [0.5, 0.6) is 5.75 Å². The third-order valence-electron chi connectivity index (χ3n) is 4.64. The molecule has 24 heavy (non-hydrogen) atoms. The first kappa shape index (κ1) is 16.3. The van der Waals surface area contributed by atoms with Crippen LogP contribution in [0.15, 0.2) is 35.3 Å². The van der Waals surface area contributed by atoms with Crippen LogP contribution in [0.2, 0.25) is 0 Å². The molecule has 1 amide bonds. The molecule has 3 N–H and O–H groups in total. The van der Waals surface area contributed by atoms with Crippen molar-refractivity contribution in [3.63, 3.8) is 0 Å². The highest BCUT2D eigenvalue weighted by Gasteiger charge is 2.19. The number of aromatic amines is 1. The lowest BCUT2D eigenvalue weighted by Crippen LogP contribution is -2.29. The maximum Gasteiger partial charge on any atom is 0.257 e. The van der Waals surface area contributed by atoms with Crippen molar-refractivity contribution in [2.24, 2.45) is 0 Å². The number of fused-ring (bicyclic) bond motifs is 1. The molecule has 5 heteroatoms. The van der Waals surface area contributed by atoms with Crippen LogP contribution in [0.3, 0.4) is 0 Å². The van der Waals surface area contributed by atoms with Crippen molar-refractivity contribution in [1.82, 2.24) is 10.3 Å². The van der Waals surface area contributed by atoms with Gasteiger partial charge in [-0.05, 0) is 48.8 Å². The molecule has 1 aromatic carbocycles. The molecular weight excluding hydrogens is 304 g/mol. The van der Waals surface area contributed by atoms with Crippen molar-refractivity contribution in [2.45, 2.75) is 45.1 Å². The minimum atomic E-state index is -0.439. The smallest absolute Gasteiger partial charge is 0.257 e. The van der Waals surface area contributed by atoms with Gasteiger partial charge in [0.15, 0.2) is 0 Å². The van der Waals surface area contributed by atoms with E-state index in [1.165, 1.54) is 30.2 Å². The van der Waals surface area contributed by atoms with Gasteiger partial charge in [-0.25, -0.2) is 0 Å². The lowest BCUT2D eigenvalue weighted by atomic mass is 9.88. The quantitative estimate of drug-likeness (QED) is 0.808. The number of aryl methyl sites for hydroxylation is 2. The molecule has 2 aromatic rings. The van der Waals surface area contributed by atoms with E-state index in [0.717, 1.165) is 30.9 Å². The van der Waals surface area contributed by atoms with Gasteiger partial charge in [-0.2, -0.15) is 0 Å². The minimum absolute atomic E-state index is 0.0750. The summed E-state index contributed by atoms with van der Waals surface area (Å²) >= 11 is 0. The Bertz CT molecular complexity index is 810. The lowest BCUT2D eigenvalue weighted by Gasteiger charge is -2.22. The summed E-state index contributed by atoms with van der Waals surface area (Å²) in [5.41, 5.74) is 3.50. The number of aromatic hydroxyl groups is 1. The maximum absolute atomic E-state index is 12.4. The summed E-state index contributed by atoms with van der Waals surface area (Å²) in [6.45, 7) is 2.01. The fourth-order valence-electron chi connectivity index (χ4n) is 3.27. The van der Waals surface area contributed by atoms with Gasteiger partial charge in [0.2, 0.25) is 0 Å². The van der Waals surface area contributed by atoms with E-state index in [9.17, 15) is 14.7 Å². The third kappa shape index (κ3) is 3.35. The highest BCUT2D eigenvalue weighted by atomic mass is 16.3. The van der Waals surface area contributed by atoms with Gasteiger partial charge in [-0.15, -0.1) is 0 Å². The summed E-state index contributed by atoms with van der Waals surface area (Å²) in [7, 11) is 0. The first-order valence-electron chi connectivity index (χ1n) is 8.42. The molecule has 0 radical (unpaired) electrons. The second-order valence-electron chi connectivity index (χ2n) is 6.27. The molecule has 126 valence electrons. The molecule has 5 nitrogen and oxygen atoms in total. The van der Waals surface area contributed by atoms with Gasteiger partial charge in [0.25, 0.3) is 11.5 Å². The molecule has 0 spiro atoms. The Morgan fingerprint density at radius 1 is 1.25 bits per heavy atom. The van der Waals surface area contributed by atoms with E-state index in [1.54, 1.807) is 0 Å². The van der Waals surface area contributed by atoms with E-state index in [4.69, 9.17) is 0 Å². The number of hydrogen-bond donors (Lipinski definition) is 3. The third-order valence-corrected chi connectivity index (χ3v) is 4.64. The van der Waals surface area contributed by atoms with Crippen molar-refractivity contribution >= 4 is 5.91 Å². The van der Waals surface area contributed by atoms with Crippen LogP contribution in [-0.2, 0) is 12.8 Å². The number of aromatic nitrogens is 1. The zero-order chi connectivity index (χ0) is 17.1. The standard InChI is InChI=1S/C19H22N2O3/c1-2-16(14-8-7-12-5-3-4-6-13(12)9-14)21-19(24)15-11-20-18(23)10-17(15)22/h7-11,16H,2-6H2,1H3,(H,21,24)(H2,20,22,23). The van der Waals surface area contributed by atoms with E-state index in [-0.39, 0.29) is 17.4 Å². The van der Waals surface area contributed by atoms with Crippen molar-refractivity contribution < 1.29 is 9.90 Å². The highest BCUT2D eigenvalue weighted by Crippen LogP contribution is 2.26. The number of nitrogens with one attached hydrogen (secondary N) is 2. The number of hydrogen-bond acceptors (Lipinski definition) is 3. The average Bonchev–Trinajstić information content (AvgIpc) is 2.59. The van der Waals surface area contributed by atoms with Gasteiger partial charge in [0.1, 0.15) is 5.75 Å². The predicted molar refractivity (Wildman–Crippen MR) is 92.3 cm³/mol. The van der Waals surface area contributed by atoms with Crippen LogP contribution >= 0.6 is 0 Å². The first-order valence-corrected chi connectivity index (χ1v) is 8.42. The molecule has 1 heterocycles. The van der Waals surface area contributed by atoms with Gasteiger partial charge >= 0.3 is 0 Å². The fraction of sp³-hybridized carbons (Fsp3) is 0.368. The highest BCUT2D eigenvalue weighted by molar-refractivity contribution is 5.96. The molecule has 1 atom stereocenters. The molecule has 1 aliphatic carbocycles. The molecule has 1 unspecified atom stereocenters. The number of rotatable bonds is 4. The number of pyridine rings is 1. The van der Waals surface area contributed by atoms with Crippen molar-refractivity contribution in [3.05, 3.63) is 63.1 Å². The Morgan fingerprint density at radius 2 is 2.00 bits per heavy atom. The summed E-state index contributed by atoms with van der Waals surface area (Å²) in [6.07, 6.45) is 6.66. The van der Waals surface area contributed by atoms with Gasteiger partial charge < -0.3 is 15.4 Å². The SMILES string of the molecule is CCC(NC(=O)c1c[nH]c(=O)cc1O)c1ccc2c(c1)CCCC2. The van der Waals surface area contributed by atoms with E-state index in [1.807, 2.05) is 6.92 Å². The van der Waals surface area contributed by atoms with Crippen molar-refractivity contribution in [1.29, 1.82) is 0 Å². The maximum atomic E-state index is 12.4. The molecule has 3 rings (SSSR count). The summed E-state index contributed by atoms with van der Waals surface area (Å²) in [4.78, 5) is 26.0. The second kappa shape index (κ2) is 6.91. The van der Waals surface area contributed by atoms with Gasteiger partial charge in [-0.1, -0.05) is 25.1 Å². The Balaban J connectivity index is 1.81. The van der Waals surface area contributed by atoms with Gasteiger partial charge in [0, 0.05) is 12.3 Å². The normalized spacial score (nSPS) is 14.7. The molecule has 0 bridgehead atoms. The monoisotopic (exact) mass is 326 g/mol. The summed E-state index contributed by atoms with van der Waals surface area (Å²) in [5.74, 6) is -0.704. The number of carbonyl (C=O) groups is 1. The first-order chi connectivity index (χ1) is 11.6. The average molecular weight is 326 g/mol. The summed E-state index contributed by atoms with van der Waals surface area (Å²) < 4.78 is 0. The van der Waals surface area contributed by atoms with Crippen LogP contribution in [0.25, 0.3) is 0 Å². The molecule has 0 fully saturated rings. The van der Waals surface area contributed by atoms with Crippen molar-refractivity contribution in [3.8, 4) is 5.75 Å². The number of carbonyl (C=O) groups excluding carboxylic acids is 1. The lowest BCUT2D eigenvalue weighted by molar-refractivity contribution is 0.0932. The number of amides is 1. The Morgan fingerprint density at radius 3 is 2.71 bits per heavy atom. The van der Waals surface area contributed by atoms with Gasteiger partial charge in [-0.3, -0.25) is 9.59 Å². The van der Waals surface area contributed by atoms with E-state index >= 15 is 0 Å². The van der Waals surface area contributed by atoms with Crippen LogP contribution < -0.4 is 10.9 Å². The molecule has 1 aromatic heterocycles. The summed E-state index contributed by atoms with van der Waals surface area (Å²) in [5, 5.41) is 12.7. The van der Waals surface area contributed by atoms with Crippen LogP contribution in [0, 0.1) is 0 Å². The van der Waals surface area contributed by atoms with E-state index < -0.39 is 11.5 Å².